The number of para-hydroxylation sites is 1. The van der Waals surface area contributed by atoms with E-state index in [1.54, 1.807) is 48.5 Å². The highest BCUT2D eigenvalue weighted by Crippen LogP contribution is 2.21. The second-order valence-electron chi connectivity index (χ2n) is 8.90. The Morgan fingerprint density at radius 3 is 2.16 bits per heavy atom. The van der Waals surface area contributed by atoms with Crippen molar-refractivity contribution in [2.45, 2.75) is 47.6 Å². The summed E-state index contributed by atoms with van der Waals surface area (Å²) in [4.78, 5) is 38.1. The van der Waals surface area contributed by atoms with Crippen LogP contribution in [-0.2, 0) is 9.59 Å². The fraction of sp³-hybridized carbons (Fsp3) is 0.400. The van der Waals surface area contributed by atoms with Crippen LogP contribution in [0.3, 0.4) is 0 Å². The SMILES string of the molecule is CCOc1ccccc1C(=O)NC(C(=O)Nc1cccc(NC(=O)C(C)(C)C)c1)C(C)C. The minimum atomic E-state index is -0.759. The molecule has 0 fully saturated rings. The summed E-state index contributed by atoms with van der Waals surface area (Å²) in [6.07, 6.45) is 0. The van der Waals surface area contributed by atoms with E-state index >= 15 is 0 Å². The molecule has 0 aromatic heterocycles. The van der Waals surface area contributed by atoms with Crippen LogP contribution in [0.4, 0.5) is 11.4 Å². The highest BCUT2D eigenvalue weighted by atomic mass is 16.5. The number of hydrogen-bond donors (Lipinski definition) is 3. The van der Waals surface area contributed by atoms with E-state index in [9.17, 15) is 14.4 Å². The number of amides is 3. The normalized spacial score (nSPS) is 12.1. The van der Waals surface area contributed by atoms with Gasteiger partial charge in [-0.2, -0.15) is 0 Å². The Bertz CT molecular complexity index is 964. The van der Waals surface area contributed by atoms with Crippen molar-refractivity contribution in [2.24, 2.45) is 11.3 Å². The van der Waals surface area contributed by atoms with Gasteiger partial charge in [0.25, 0.3) is 5.91 Å². The molecule has 0 aliphatic heterocycles. The van der Waals surface area contributed by atoms with Gasteiger partial charge in [-0.05, 0) is 43.2 Å². The molecule has 2 aromatic carbocycles. The number of benzene rings is 2. The summed E-state index contributed by atoms with van der Waals surface area (Å²) >= 11 is 0. The van der Waals surface area contributed by atoms with Crippen LogP contribution in [0.25, 0.3) is 0 Å². The Kier molecular flexibility index (Phi) is 8.41. The Morgan fingerprint density at radius 1 is 0.938 bits per heavy atom. The average molecular weight is 440 g/mol. The lowest BCUT2D eigenvalue weighted by Crippen LogP contribution is -2.47. The number of nitrogens with one attached hydrogen (secondary N) is 3. The van der Waals surface area contributed by atoms with Crippen LogP contribution in [0, 0.1) is 11.3 Å². The van der Waals surface area contributed by atoms with Crippen LogP contribution in [-0.4, -0.2) is 30.4 Å². The first-order chi connectivity index (χ1) is 15.0. The van der Waals surface area contributed by atoms with Crippen molar-refractivity contribution in [2.75, 3.05) is 17.2 Å². The molecule has 172 valence electrons. The molecule has 2 rings (SSSR count). The summed E-state index contributed by atoms with van der Waals surface area (Å²) < 4.78 is 5.53. The van der Waals surface area contributed by atoms with Gasteiger partial charge in [-0.3, -0.25) is 14.4 Å². The van der Waals surface area contributed by atoms with E-state index in [1.165, 1.54) is 0 Å². The third-order valence-corrected chi connectivity index (χ3v) is 4.74. The first kappa shape index (κ1) is 24.9. The molecule has 0 saturated heterocycles. The predicted octanol–water partition coefficient (Wildman–Crippen LogP) is 4.46. The first-order valence-electron chi connectivity index (χ1n) is 10.8. The summed E-state index contributed by atoms with van der Waals surface area (Å²) in [5.41, 5.74) is 0.943. The maximum Gasteiger partial charge on any atom is 0.255 e. The fourth-order valence-corrected chi connectivity index (χ4v) is 2.90. The van der Waals surface area contributed by atoms with E-state index in [1.807, 2.05) is 41.5 Å². The van der Waals surface area contributed by atoms with Gasteiger partial charge in [0.05, 0.1) is 12.2 Å². The molecule has 1 atom stereocenters. The smallest absolute Gasteiger partial charge is 0.255 e. The van der Waals surface area contributed by atoms with Crippen LogP contribution in [0.15, 0.2) is 48.5 Å². The Balaban J connectivity index is 2.14. The Hall–Kier alpha value is -3.35. The number of ether oxygens (including phenoxy) is 1. The zero-order chi connectivity index (χ0) is 23.9. The van der Waals surface area contributed by atoms with Gasteiger partial charge in [0, 0.05) is 16.8 Å². The van der Waals surface area contributed by atoms with E-state index in [4.69, 9.17) is 4.74 Å². The van der Waals surface area contributed by atoms with E-state index in [0.29, 0.717) is 29.3 Å². The number of carbonyl (C=O) groups excluding carboxylic acids is 3. The molecule has 7 nitrogen and oxygen atoms in total. The molecule has 0 spiro atoms. The number of anilines is 2. The van der Waals surface area contributed by atoms with E-state index in [2.05, 4.69) is 16.0 Å². The quantitative estimate of drug-likeness (QED) is 0.566. The molecule has 0 heterocycles. The van der Waals surface area contributed by atoms with Crippen LogP contribution < -0.4 is 20.7 Å². The maximum atomic E-state index is 13.0. The van der Waals surface area contributed by atoms with E-state index in [-0.39, 0.29) is 23.6 Å². The molecule has 7 heteroatoms. The largest absolute Gasteiger partial charge is 0.493 e. The molecular weight excluding hydrogens is 406 g/mol. The van der Waals surface area contributed by atoms with Gasteiger partial charge in [-0.25, -0.2) is 0 Å². The minimum Gasteiger partial charge on any atom is -0.493 e. The maximum absolute atomic E-state index is 13.0. The van der Waals surface area contributed by atoms with Crippen LogP contribution in [0.5, 0.6) is 5.75 Å². The van der Waals surface area contributed by atoms with Crippen molar-refractivity contribution in [1.29, 1.82) is 0 Å². The second kappa shape index (κ2) is 10.8. The van der Waals surface area contributed by atoms with Crippen molar-refractivity contribution in [1.82, 2.24) is 5.32 Å². The highest BCUT2D eigenvalue weighted by molar-refractivity contribution is 6.03. The molecule has 0 bridgehead atoms. The van der Waals surface area contributed by atoms with Crippen molar-refractivity contribution >= 4 is 29.1 Å². The summed E-state index contributed by atoms with van der Waals surface area (Å²) in [6.45, 7) is 11.5. The Labute approximate surface area is 189 Å². The van der Waals surface area contributed by atoms with Gasteiger partial charge in [-0.15, -0.1) is 0 Å². The Morgan fingerprint density at radius 2 is 1.56 bits per heavy atom. The summed E-state index contributed by atoms with van der Waals surface area (Å²) in [7, 11) is 0. The van der Waals surface area contributed by atoms with Crippen LogP contribution in [0.2, 0.25) is 0 Å². The van der Waals surface area contributed by atoms with Gasteiger partial charge in [0.15, 0.2) is 0 Å². The molecule has 0 aliphatic carbocycles. The molecule has 3 N–H and O–H groups in total. The fourth-order valence-electron chi connectivity index (χ4n) is 2.90. The van der Waals surface area contributed by atoms with Crippen molar-refractivity contribution in [3.05, 3.63) is 54.1 Å². The van der Waals surface area contributed by atoms with Gasteiger partial charge < -0.3 is 20.7 Å². The van der Waals surface area contributed by atoms with Crippen LogP contribution in [0.1, 0.15) is 51.9 Å². The van der Waals surface area contributed by atoms with Gasteiger partial charge >= 0.3 is 0 Å². The van der Waals surface area contributed by atoms with Crippen molar-refractivity contribution < 1.29 is 19.1 Å². The lowest BCUT2D eigenvalue weighted by Gasteiger charge is -2.23. The highest BCUT2D eigenvalue weighted by Gasteiger charge is 2.26. The van der Waals surface area contributed by atoms with Crippen molar-refractivity contribution in [3.63, 3.8) is 0 Å². The van der Waals surface area contributed by atoms with Gasteiger partial charge in [0.2, 0.25) is 11.8 Å². The third-order valence-electron chi connectivity index (χ3n) is 4.74. The third kappa shape index (κ3) is 6.83. The van der Waals surface area contributed by atoms with E-state index in [0.717, 1.165) is 0 Å². The summed E-state index contributed by atoms with van der Waals surface area (Å²) in [6, 6.07) is 13.1. The lowest BCUT2D eigenvalue weighted by atomic mass is 9.95. The summed E-state index contributed by atoms with van der Waals surface area (Å²) in [5, 5.41) is 8.50. The molecular formula is C25H33N3O4. The molecule has 0 radical (unpaired) electrons. The van der Waals surface area contributed by atoms with Crippen LogP contribution >= 0.6 is 0 Å². The number of rotatable bonds is 8. The summed E-state index contributed by atoms with van der Waals surface area (Å²) in [5.74, 6) is -0.531. The van der Waals surface area contributed by atoms with Gasteiger partial charge in [0.1, 0.15) is 11.8 Å². The minimum absolute atomic E-state index is 0.124. The number of hydrogen-bond acceptors (Lipinski definition) is 4. The second-order valence-corrected chi connectivity index (χ2v) is 8.90. The predicted molar refractivity (Wildman–Crippen MR) is 127 cm³/mol. The zero-order valence-electron chi connectivity index (χ0n) is 19.6. The monoisotopic (exact) mass is 439 g/mol. The van der Waals surface area contributed by atoms with Gasteiger partial charge in [-0.1, -0.05) is 52.8 Å². The first-order valence-corrected chi connectivity index (χ1v) is 10.8. The average Bonchev–Trinajstić information content (AvgIpc) is 2.71. The topological polar surface area (TPSA) is 96.5 Å². The molecule has 0 aliphatic rings. The molecule has 0 saturated carbocycles. The zero-order valence-corrected chi connectivity index (χ0v) is 19.6. The van der Waals surface area contributed by atoms with Crippen molar-refractivity contribution in [3.8, 4) is 5.75 Å². The lowest BCUT2D eigenvalue weighted by molar-refractivity contribution is -0.123. The molecule has 1 unspecified atom stereocenters. The molecule has 3 amide bonds. The molecule has 32 heavy (non-hydrogen) atoms. The number of carbonyl (C=O) groups is 3. The van der Waals surface area contributed by atoms with E-state index < -0.39 is 11.5 Å². The standard InChI is InChI=1S/C25H33N3O4/c1-7-32-20-14-9-8-13-19(20)22(29)28-21(16(2)3)23(30)26-17-11-10-12-18(15-17)27-24(31)25(4,5)6/h8-16,21H,7H2,1-6H3,(H,26,30)(H,27,31)(H,28,29). The molecule has 2 aromatic rings.